The second-order valence-corrected chi connectivity index (χ2v) is 4.69. The molecule has 0 radical (unpaired) electrons. The molecule has 0 aromatic heterocycles. The first-order valence-electron chi connectivity index (χ1n) is 6.00. The van der Waals surface area contributed by atoms with Gasteiger partial charge in [0.15, 0.2) is 0 Å². The Bertz CT molecular complexity index is 638. The first-order valence-corrected chi connectivity index (χ1v) is 6.00. The second-order valence-electron chi connectivity index (χ2n) is 4.69. The third-order valence-corrected chi connectivity index (χ3v) is 3.13. The number of hydrogen-bond acceptors (Lipinski definition) is 3. The molecule has 1 aliphatic heterocycles. The molecule has 2 rings (SSSR count). The van der Waals surface area contributed by atoms with Gasteiger partial charge in [0.2, 0.25) is 0 Å². The predicted molar refractivity (Wildman–Crippen MR) is 65.5 cm³/mol. The number of rotatable bonds is 1. The molecule has 23 heavy (non-hydrogen) atoms. The topological polar surface area (TPSA) is 49.8 Å². The summed E-state index contributed by atoms with van der Waals surface area (Å²) in [4.78, 5) is 11.4. The molecule has 126 valence electrons. The molecule has 1 amide bonds. The van der Waals surface area contributed by atoms with Gasteiger partial charge in [-0.1, -0.05) is 12.6 Å². The van der Waals surface area contributed by atoms with Crippen molar-refractivity contribution in [1.82, 2.24) is 0 Å². The van der Waals surface area contributed by atoms with Crippen molar-refractivity contribution in [2.24, 2.45) is 0 Å². The van der Waals surface area contributed by atoms with Crippen molar-refractivity contribution in [2.45, 2.75) is 18.1 Å². The molecule has 0 saturated carbocycles. The number of halogens is 6. The number of phenols is 1. The van der Waals surface area contributed by atoms with Gasteiger partial charge in [0, 0.05) is 11.6 Å². The fourth-order valence-corrected chi connectivity index (χ4v) is 2.13. The van der Waals surface area contributed by atoms with Crippen molar-refractivity contribution >= 4 is 11.6 Å². The van der Waals surface area contributed by atoms with Crippen LogP contribution in [0.4, 0.5) is 32.0 Å². The van der Waals surface area contributed by atoms with Gasteiger partial charge in [0.05, 0.1) is 12.3 Å². The number of nitrogens with zero attached hydrogens (tertiary/aromatic N) is 1. The summed E-state index contributed by atoms with van der Waals surface area (Å²) in [6.45, 7) is 1.88. The van der Waals surface area contributed by atoms with Crippen molar-refractivity contribution in [2.75, 3.05) is 11.5 Å². The molecule has 0 unspecified atom stereocenters. The van der Waals surface area contributed by atoms with Crippen molar-refractivity contribution in [3.05, 3.63) is 36.4 Å². The minimum atomic E-state index is -5.98. The van der Waals surface area contributed by atoms with Gasteiger partial charge in [-0.25, -0.2) is 0 Å². The highest BCUT2D eigenvalue weighted by molar-refractivity contribution is 6.07. The summed E-state index contributed by atoms with van der Waals surface area (Å²) < 4.78 is 83.8. The smallest absolute Gasteiger partial charge is 0.447 e. The maximum absolute atomic E-state index is 13.3. The highest BCUT2D eigenvalue weighted by Gasteiger charge is 2.78. The van der Waals surface area contributed by atoms with Gasteiger partial charge in [0.1, 0.15) is 5.75 Å². The van der Waals surface area contributed by atoms with Crippen LogP contribution in [-0.4, -0.2) is 35.7 Å². The van der Waals surface area contributed by atoms with E-state index in [1.54, 1.807) is 0 Å². The quantitative estimate of drug-likeness (QED) is 0.631. The molecule has 1 heterocycles. The van der Waals surface area contributed by atoms with E-state index >= 15 is 0 Å². The van der Waals surface area contributed by atoms with Crippen LogP contribution in [0, 0.1) is 0 Å². The molecule has 0 spiro atoms. The summed E-state index contributed by atoms with van der Waals surface area (Å²) >= 11 is 0. The van der Waals surface area contributed by atoms with E-state index in [4.69, 9.17) is 0 Å². The van der Waals surface area contributed by atoms with E-state index in [2.05, 4.69) is 11.3 Å². The normalized spacial score (nSPS) is 19.1. The molecule has 1 aromatic rings. The van der Waals surface area contributed by atoms with Gasteiger partial charge in [-0.15, -0.1) is 0 Å². The summed E-state index contributed by atoms with van der Waals surface area (Å²) in [6.07, 6.45) is -12.0. The van der Waals surface area contributed by atoms with Crippen LogP contribution in [0.3, 0.4) is 0 Å². The van der Waals surface area contributed by atoms with Gasteiger partial charge >= 0.3 is 18.1 Å². The lowest BCUT2D eigenvalue weighted by Gasteiger charge is -2.47. The van der Waals surface area contributed by atoms with Crippen LogP contribution in [-0.2, 0) is 9.53 Å². The average molecular weight is 341 g/mol. The van der Waals surface area contributed by atoms with E-state index in [-0.39, 0.29) is 0 Å². The average Bonchev–Trinajstić information content (AvgIpc) is 2.38. The monoisotopic (exact) mass is 341 g/mol. The number of alkyl halides is 6. The van der Waals surface area contributed by atoms with Crippen LogP contribution in [0.25, 0.3) is 0 Å². The summed E-state index contributed by atoms with van der Waals surface area (Å²) in [5.74, 6) is -2.22. The number of amides is 1. The molecule has 1 N–H and O–H groups in total. The molecule has 4 nitrogen and oxygen atoms in total. The molecule has 0 bridgehead atoms. The van der Waals surface area contributed by atoms with Gasteiger partial charge in [-0.3, -0.25) is 9.69 Å². The Balaban J connectivity index is 2.77. The number of phenolic OH excluding ortho intramolecular Hbond substituents is 1. The Morgan fingerprint density at radius 3 is 2.22 bits per heavy atom. The number of aromatic hydroxyl groups is 1. The second kappa shape index (κ2) is 5.15. The Morgan fingerprint density at radius 2 is 1.74 bits per heavy atom. The molecular formula is C13H9F6NO3. The zero-order valence-corrected chi connectivity index (χ0v) is 11.2. The summed E-state index contributed by atoms with van der Waals surface area (Å²) in [5, 5.41) is 9.31. The van der Waals surface area contributed by atoms with Crippen LogP contribution in [0.2, 0.25) is 0 Å². The van der Waals surface area contributed by atoms with Crippen LogP contribution >= 0.6 is 0 Å². The van der Waals surface area contributed by atoms with Crippen molar-refractivity contribution < 1.29 is 41.0 Å². The molecule has 0 atom stereocenters. The first-order chi connectivity index (χ1) is 10.4. The van der Waals surface area contributed by atoms with Gasteiger partial charge in [-0.05, 0) is 12.1 Å². The number of anilines is 1. The Morgan fingerprint density at radius 1 is 1.17 bits per heavy atom. The zero-order valence-electron chi connectivity index (χ0n) is 11.2. The maximum atomic E-state index is 13.3. The molecule has 1 fully saturated rings. The fourth-order valence-electron chi connectivity index (χ4n) is 2.13. The number of ether oxygens (including phenoxy) is 1. The molecule has 1 aliphatic rings. The zero-order chi connectivity index (χ0) is 17.6. The first kappa shape index (κ1) is 17.1. The summed E-state index contributed by atoms with van der Waals surface area (Å²) in [6, 6.07) is 3.42. The van der Waals surface area contributed by atoms with E-state index in [1.807, 2.05) is 0 Å². The van der Waals surface area contributed by atoms with Crippen molar-refractivity contribution in [1.29, 1.82) is 0 Å². The van der Waals surface area contributed by atoms with Crippen molar-refractivity contribution in [3.63, 3.8) is 0 Å². The summed E-state index contributed by atoms with van der Waals surface area (Å²) in [7, 11) is 0. The maximum Gasteiger partial charge on any atom is 0.447 e. The van der Waals surface area contributed by atoms with Crippen LogP contribution in [0.5, 0.6) is 5.75 Å². The largest absolute Gasteiger partial charge is 0.508 e. The number of hydrogen-bond donors (Lipinski definition) is 1. The van der Waals surface area contributed by atoms with E-state index in [9.17, 15) is 36.2 Å². The number of benzene rings is 1. The highest BCUT2D eigenvalue weighted by atomic mass is 19.4. The SMILES string of the molecule is C=C1COC(C(F)(F)F)(C(F)(F)F)N(c2cccc(O)c2)C1=O. The van der Waals surface area contributed by atoms with Gasteiger partial charge in [0.25, 0.3) is 5.91 Å². The van der Waals surface area contributed by atoms with Crippen LogP contribution in [0.1, 0.15) is 0 Å². The van der Waals surface area contributed by atoms with Gasteiger partial charge < -0.3 is 9.84 Å². The number of carbonyl (C=O) groups is 1. The van der Waals surface area contributed by atoms with Crippen LogP contribution < -0.4 is 4.90 Å². The Hall–Kier alpha value is -2.23. The Kier molecular flexibility index (Phi) is 3.84. The highest BCUT2D eigenvalue weighted by Crippen LogP contribution is 2.51. The lowest BCUT2D eigenvalue weighted by Crippen LogP contribution is -2.73. The van der Waals surface area contributed by atoms with E-state index in [0.717, 1.165) is 18.2 Å². The predicted octanol–water partition coefficient (Wildman–Crippen LogP) is 3.13. The minimum Gasteiger partial charge on any atom is -0.508 e. The molecule has 1 aromatic carbocycles. The van der Waals surface area contributed by atoms with E-state index in [1.165, 1.54) is 0 Å². The van der Waals surface area contributed by atoms with Crippen LogP contribution in [0.15, 0.2) is 36.4 Å². The molecule has 0 aliphatic carbocycles. The van der Waals surface area contributed by atoms with E-state index in [0.29, 0.717) is 6.07 Å². The lowest BCUT2D eigenvalue weighted by molar-refractivity contribution is -0.379. The molecule has 10 heteroatoms. The minimum absolute atomic E-state index is 0.585. The lowest BCUT2D eigenvalue weighted by atomic mass is 10.0. The molecule has 1 saturated heterocycles. The Labute approximate surface area is 125 Å². The van der Waals surface area contributed by atoms with E-state index < -0.39 is 52.5 Å². The fraction of sp³-hybridized carbons (Fsp3) is 0.308. The molecular weight excluding hydrogens is 332 g/mol. The third kappa shape index (κ3) is 2.52. The standard InChI is InChI=1S/C13H9F6NO3/c1-7-6-23-11(12(14,15)16,13(17,18)19)20(10(7)22)8-3-2-4-9(21)5-8/h2-5,21H,1,6H2. The third-order valence-electron chi connectivity index (χ3n) is 3.13. The van der Waals surface area contributed by atoms with Crippen molar-refractivity contribution in [3.8, 4) is 5.75 Å². The van der Waals surface area contributed by atoms with Gasteiger partial charge in [-0.2, -0.15) is 26.3 Å². The number of carbonyl (C=O) groups excluding carboxylic acids is 1. The summed E-state index contributed by atoms with van der Waals surface area (Å²) in [5.41, 5.74) is -6.28.